The van der Waals surface area contributed by atoms with Crippen LogP contribution in [0.25, 0.3) is 0 Å². The molecular formula is C11H17F3N6. The van der Waals surface area contributed by atoms with Gasteiger partial charge in [-0.3, -0.25) is 5.10 Å². The van der Waals surface area contributed by atoms with Gasteiger partial charge in [0.25, 0.3) is 5.82 Å². The summed E-state index contributed by atoms with van der Waals surface area (Å²) < 4.78 is 36.9. The largest absolute Gasteiger partial charge is 0.453 e. The Morgan fingerprint density at radius 1 is 1.45 bits per heavy atom. The number of hydrogen-bond donors (Lipinski definition) is 2. The van der Waals surface area contributed by atoms with E-state index < -0.39 is 12.0 Å². The molecule has 1 aliphatic heterocycles. The highest BCUT2D eigenvalue weighted by atomic mass is 19.4. The lowest BCUT2D eigenvalue weighted by atomic mass is 10.00. The minimum atomic E-state index is -4.55. The molecule has 0 spiro atoms. The Labute approximate surface area is 114 Å². The van der Waals surface area contributed by atoms with Gasteiger partial charge < -0.3 is 10.6 Å². The third-order valence-electron chi connectivity index (χ3n) is 3.28. The van der Waals surface area contributed by atoms with Crippen LogP contribution in [0.5, 0.6) is 0 Å². The maximum absolute atomic E-state index is 12.3. The van der Waals surface area contributed by atoms with Crippen molar-refractivity contribution in [2.45, 2.75) is 32.5 Å². The fraction of sp³-hybridized carbons (Fsp3) is 0.727. The lowest BCUT2D eigenvalue weighted by molar-refractivity contribution is -0.144. The van der Waals surface area contributed by atoms with Crippen LogP contribution in [-0.2, 0) is 12.7 Å². The SMILES string of the molecule is CC1CCN(C(N)=NCc2nc(C(F)(F)F)n[nH]2)CC1. The van der Waals surface area contributed by atoms with E-state index in [9.17, 15) is 13.2 Å². The van der Waals surface area contributed by atoms with Crippen molar-refractivity contribution in [1.82, 2.24) is 20.1 Å². The number of guanidine groups is 1. The number of halogens is 3. The molecule has 112 valence electrons. The number of aliphatic imine (C=N–C) groups is 1. The number of nitrogens with one attached hydrogen (secondary N) is 1. The van der Waals surface area contributed by atoms with Crippen molar-refractivity contribution in [2.75, 3.05) is 13.1 Å². The zero-order valence-electron chi connectivity index (χ0n) is 11.1. The van der Waals surface area contributed by atoms with Gasteiger partial charge in [0.2, 0.25) is 0 Å². The molecule has 0 amide bonds. The van der Waals surface area contributed by atoms with Crippen molar-refractivity contribution in [3.8, 4) is 0 Å². The molecule has 1 aromatic heterocycles. The first kappa shape index (κ1) is 14.6. The molecule has 2 rings (SSSR count). The highest BCUT2D eigenvalue weighted by Gasteiger charge is 2.35. The van der Waals surface area contributed by atoms with E-state index in [2.05, 4.69) is 27.1 Å². The number of alkyl halides is 3. The smallest absolute Gasteiger partial charge is 0.370 e. The standard InChI is InChI=1S/C11H17F3N6/c1-7-2-4-20(5-3-7)10(15)16-6-8-17-9(19-18-8)11(12,13)14/h7H,2-6H2,1H3,(H2,15,16)(H,17,18,19). The molecule has 1 aromatic rings. The van der Waals surface area contributed by atoms with E-state index in [1.807, 2.05) is 4.90 Å². The first-order valence-electron chi connectivity index (χ1n) is 6.39. The lowest BCUT2D eigenvalue weighted by Crippen LogP contribution is -2.42. The molecule has 3 N–H and O–H groups in total. The minimum absolute atomic E-state index is 0.0407. The van der Waals surface area contributed by atoms with Gasteiger partial charge in [-0.15, -0.1) is 5.10 Å². The molecule has 0 saturated carbocycles. The van der Waals surface area contributed by atoms with Crippen LogP contribution < -0.4 is 5.73 Å². The highest BCUT2D eigenvalue weighted by Crippen LogP contribution is 2.25. The Bertz CT molecular complexity index is 473. The number of nitrogens with zero attached hydrogens (tertiary/aromatic N) is 4. The molecule has 0 aromatic carbocycles. The first-order valence-corrected chi connectivity index (χ1v) is 6.39. The van der Waals surface area contributed by atoms with Crippen LogP contribution in [0.4, 0.5) is 13.2 Å². The highest BCUT2D eigenvalue weighted by molar-refractivity contribution is 5.78. The monoisotopic (exact) mass is 290 g/mol. The molecule has 1 aliphatic rings. The Morgan fingerprint density at radius 2 is 2.10 bits per heavy atom. The average molecular weight is 290 g/mol. The van der Waals surface area contributed by atoms with E-state index >= 15 is 0 Å². The summed E-state index contributed by atoms with van der Waals surface area (Å²) >= 11 is 0. The van der Waals surface area contributed by atoms with E-state index in [1.165, 1.54) is 0 Å². The van der Waals surface area contributed by atoms with Gasteiger partial charge in [0.15, 0.2) is 5.96 Å². The summed E-state index contributed by atoms with van der Waals surface area (Å²) in [4.78, 5) is 9.33. The summed E-state index contributed by atoms with van der Waals surface area (Å²) in [6.45, 7) is 3.78. The van der Waals surface area contributed by atoms with Gasteiger partial charge in [-0.2, -0.15) is 13.2 Å². The van der Waals surface area contributed by atoms with Crippen molar-refractivity contribution in [3.05, 3.63) is 11.6 Å². The van der Waals surface area contributed by atoms with Gasteiger partial charge in [-0.25, -0.2) is 9.98 Å². The molecular weight excluding hydrogens is 273 g/mol. The molecule has 0 unspecified atom stereocenters. The van der Waals surface area contributed by atoms with E-state index in [-0.39, 0.29) is 12.4 Å². The quantitative estimate of drug-likeness (QED) is 0.636. The number of piperidine rings is 1. The second kappa shape index (κ2) is 5.68. The number of hydrogen-bond acceptors (Lipinski definition) is 3. The summed E-state index contributed by atoms with van der Waals surface area (Å²) in [5, 5.41) is 5.32. The molecule has 0 aliphatic carbocycles. The number of likely N-dealkylation sites (tertiary alicyclic amines) is 1. The number of rotatable bonds is 2. The molecule has 0 bridgehead atoms. The Balaban J connectivity index is 1.93. The van der Waals surface area contributed by atoms with Crippen LogP contribution >= 0.6 is 0 Å². The van der Waals surface area contributed by atoms with Gasteiger partial charge in [-0.1, -0.05) is 6.92 Å². The van der Waals surface area contributed by atoms with Crippen LogP contribution in [0.2, 0.25) is 0 Å². The predicted molar refractivity (Wildman–Crippen MR) is 66.7 cm³/mol. The maximum Gasteiger partial charge on any atom is 0.453 e. The summed E-state index contributed by atoms with van der Waals surface area (Å²) in [5.74, 6) is -0.136. The van der Waals surface area contributed by atoms with Crippen molar-refractivity contribution < 1.29 is 13.2 Å². The van der Waals surface area contributed by atoms with Crippen LogP contribution in [-0.4, -0.2) is 39.1 Å². The topological polar surface area (TPSA) is 83.2 Å². The molecule has 2 heterocycles. The van der Waals surface area contributed by atoms with E-state index in [1.54, 1.807) is 0 Å². The van der Waals surface area contributed by atoms with Crippen LogP contribution in [0, 0.1) is 5.92 Å². The van der Waals surface area contributed by atoms with Gasteiger partial charge in [0.05, 0.1) is 0 Å². The molecule has 1 saturated heterocycles. The Kier molecular flexibility index (Phi) is 4.15. The second-order valence-electron chi connectivity index (χ2n) is 4.95. The molecule has 1 fully saturated rings. The van der Waals surface area contributed by atoms with Crippen molar-refractivity contribution in [2.24, 2.45) is 16.6 Å². The van der Waals surface area contributed by atoms with Crippen molar-refractivity contribution in [3.63, 3.8) is 0 Å². The van der Waals surface area contributed by atoms with E-state index in [0.29, 0.717) is 11.9 Å². The minimum Gasteiger partial charge on any atom is -0.370 e. The predicted octanol–water partition coefficient (Wildman–Crippen LogP) is 1.37. The van der Waals surface area contributed by atoms with Gasteiger partial charge in [0, 0.05) is 13.1 Å². The number of H-pyrrole nitrogens is 1. The molecule has 0 radical (unpaired) electrons. The van der Waals surface area contributed by atoms with E-state index in [0.717, 1.165) is 25.9 Å². The zero-order chi connectivity index (χ0) is 14.8. The van der Waals surface area contributed by atoms with Crippen LogP contribution in [0.3, 0.4) is 0 Å². The van der Waals surface area contributed by atoms with Crippen molar-refractivity contribution >= 4 is 5.96 Å². The fourth-order valence-electron chi connectivity index (χ4n) is 1.99. The third-order valence-corrected chi connectivity index (χ3v) is 3.28. The first-order chi connectivity index (χ1) is 9.36. The normalized spacial score (nSPS) is 18.6. The third kappa shape index (κ3) is 3.61. The second-order valence-corrected chi connectivity index (χ2v) is 4.95. The van der Waals surface area contributed by atoms with Crippen LogP contribution in [0.15, 0.2) is 4.99 Å². The van der Waals surface area contributed by atoms with Gasteiger partial charge in [-0.05, 0) is 18.8 Å². The maximum atomic E-state index is 12.3. The lowest BCUT2D eigenvalue weighted by Gasteiger charge is -2.30. The Morgan fingerprint density at radius 3 is 2.65 bits per heavy atom. The fourth-order valence-corrected chi connectivity index (χ4v) is 1.99. The summed E-state index contributed by atoms with van der Waals surface area (Å²) in [6.07, 6.45) is -2.47. The van der Waals surface area contributed by atoms with E-state index in [4.69, 9.17) is 5.73 Å². The molecule has 9 heteroatoms. The Hall–Kier alpha value is -1.80. The van der Waals surface area contributed by atoms with Crippen LogP contribution in [0.1, 0.15) is 31.4 Å². The molecule has 20 heavy (non-hydrogen) atoms. The van der Waals surface area contributed by atoms with Gasteiger partial charge in [0.1, 0.15) is 12.4 Å². The molecule has 0 atom stereocenters. The average Bonchev–Trinajstić information content (AvgIpc) is 2.85. The number of aromatic amines is 1. The summed E-state index contributed by atoms with van der Waals surface area (Å²) in [7, 11) is 0. The summed E-state index contributed by atoms with van der Waals surface area (Å²) in [6, 6.07) is 0. The van der Waals surface area contributed by atoms with Crippen molar-refractivity contribution in [1.29, 1.82) is 0 Å². The zero-order valence-corrected chi connectivity index (χ0v) is 11.1. The number of aromatic nitrogens is 3. The number of nitrogens with two attached hydrogens (primary N) is 1. The van der Waals surface area contributed by atoms with Gasteiger partial charge >= 0.3 is 6.18 Å². The molecule has 6 nitrogen and oxygen atoms in total. The summed E-state index contributed by atoms with van der Waals surface area (Å²) in [5.41, 5.74) is 5.83.